The second-order valence-corrected chi connectivity index (χ2v) is 8.39. The van der Waals surface area contributed by atoms with E-state index in [0.29, 0.717) is 16.5 Å². The Morgan fingerprint density at radius 1 is 1.50 bits per heavy atom. The minimum absolute atomic E-state index is 0.0244. The van der Waals surface area contributed by atoms with Gasteiger partial charge >= 0.3 is 0 Å². The first-order valence-electron chi connectivity index (χ1n) is 6.09. The third-order valence-electron chi connectivity index (χ3n) is 3.45. The van der Waals surface area contributed by atoms with Gasteiger partial charge in [0.05, 0.1) is 16.4 Å². The number of rotatable bonds is 4. The van der Waals surface area contributed by atoms with Crippen LogP contribution < -0.4 is 5.32 Å². The number of sulfone groups is 1. The molecule has 1 aromatic rings. The first-order chi connectivity index (χ1) is 9.21. The summed E-state index contributed by atoms with van der Waals surface area (Å²) >= 11 is 3.20. The summed E-state index contributed by atoms with van der Waals surface area (Å²) in [6, 6.07) is 4.85. The first-order valence-corrected chi connectivity index (χ1v) is 8.71. The van der Waals surface area contributed by atoms with Crippen molar-refractivity contribution in [2.45, 2.75) is 25.4 Å². The molecule has 0 spiro atoms. The monoisotopic (exact) mass is 362 g/mol. The molecule has 20 heavy (non-hydrogen) atoms. The average molecular weight is 363 g/mol. The third-order valence-corrected chi connectivity index (χ3v) is 5.85. The highest BCUT2D eigenvalue weighted by Crippen LogP contribution is 2.26. The number of hydrogen-bond acceptors (Lipinski definition) is 5. The van der Waals surface area contributed by atoms with Crippen LogP contribution in [-0.2, 0) is 16.4 Å². The molecule has 1 heterocycles. The molecule has 110 valence electrons. The molecule has 0 saturated carbocycles. The molecular weight excluding hydrogens is 348 g/mol. The average Bonchev–Trinajstić information content (AvgIpc) is 2.62. The van der Waals surface area contributed by atoms with Gasteiger partial charge in [-0.25, -0.2) is 8.42 Å². The minimum Gasteiger partial charge on any atom is -0.306 e. The fourth-order valence-electron chi connectivity index (χ4n) is 2.31. The Morgan fingerprint density at radius 3 is 2.75 bits per heavy atom. The zero-order chi connectivity index (χ0) is 15.0. The van der Waals surface area contributed by atoms with Crippen LogP contribution in [0.5, 0.6) is 0 Å². The van der Waals surface area contributed by atoms with E-state index in [9.17, 15) is 18.5 Å². The van der Waals surface area contributed by atoms with E-state index in [4.69, 9.17) is 0 Å². The highest BCUT2D eigenvalue weighted by atomic mass is 79.9. The number of hydrogen-bond donors (Lipinski definition) is 1. The molecular formula is C12H15BrN2O4S. The van der Waals surface area contributed by atoms with Crippen LogP contribution in [0.1, 0.15) is 18.9 Å². The SMILES string of the molecule is CC1(NCc2ccc(Br)cc2[N+](=O)[O-])CCS(=O)(=O)C1. The summed E-state index contributed by atoms with van der Waals surface area (Å²) in [5, 5.41) is 14.2. The summed E-state index contributed by atoms with van der Waals surface area (Å²) in [7, 11) is -3.00. The van der Waals surface area contributed by atoms with Crippen molar-refractivity contribution in [2.75, 3.05) is 11.5 Å². The number of nitrogens with zero attached hydrogens (tertiary/aromatic N) is 1. The van der Waals surface area contributed by atoms with E-state index in [1.807, 2.05) is 6.92 Å². The highest BCUT2D eigenvalue weighted by molar-refractivity contribution is 9.10. The van der Waals surface area contributed by atoms with E-state index >= 15 is 0 Å². The van der Waals surface area contributed by atoms with E-state index in [1.54, 1.807) is 12.1 Å². The fraction of sp³-hybridized carbons (Fsp3) is 0.500. The summed E-state index contributed by atoms with van der Waals surface area (Å²) in [4.78, 5) is 10.6. The quantitative estimate of drug-likeness (QED) is 0.653. The van der Waals surface area contributed by atoms with Gasteiger partial charge in [-0.2, -0.15) is 0 Å². The number of nitrogens with one attached hydrogen (secondary N) is 1. The van der Waals surface area contributed by atoms with Crippen LogP contribution >= 0.6 is 15.9 Å². The van der Waals surface area contributed by atoms with Crippen molar-refractivity contribution < 1.29 is 13.3 Å². The van der Waals surface area contributed by atoms with Crippen LogP contribution in [0.4, 0.5) is 5.69 Å². The summed E-state index contributed by atoms with van der Waals surface area (Å²) in [5.74, 6) is 0.239. The zero-order valence-corrected chi connectivity index (χ0v) is 13.3. The molecule has 1 unspecified atom stereocenters. The molecule has 2 rings (SSSR count). The maximum Gasteiger partial charge on any atom is 0.275 e. The van der Waals surface area contributed by atoms with Gasteiger partial charge in [0, 0.05) is 28.2 Å². The molecule has 0 aromatic heterocycles. The van der Waals surface area contributed by atoms with Crippen molar-refractivity contribution in [1.82, 2.24) is 5.32 Å². The summed E-state index contributed by atoms with van der Waals surface area (Å²) in [6.07, 6.45) is 0.527. The van der Waals surface area contributed by atoms with Gasteiger partial charge in [0.15, 0.2) is 9.84 Å². The summed E-state index contributed by atoms with van der Waals surface area (Å²) in [6.45, 7) is 2.11. The van der Waals surface area contributed by atoms with Crippen LogP contribution in [0.3, 0.4) is 0 Å². The molecule has 1 aromatic carbocycles. The smallest absolute Gasteiger partial charge is 0.275 e. The van der Waals surface area contributed by atoms with E-state index in [1.165, 1.54) is 6.07 Å². The van der Waals surface area contributed by atoms with Crippen molar-refractivity contribution in [3.8, 4) is 0 Å². The summed E-state index contributed by atoms with van der Waals surface area (Å²) < 4.78 is 23.7. The molecule has 1 saturated heterocycles. The Kier molecular flexibility index (Phi) is 4.17. The van der Waals surface area contributed by atoms with Gasteiger partial charge in [-0.15, -0.1) is 0 Å². The van der Waals surface area contributed by atoms with Crippen molar-refractivity contribution in [1.29, 1.82) is 0 Å². The van der Waals surface area contributed by atoms with E-state index in [2.05, 4.69) is 21.2 Å². The molecule has 0 bridgehead atoms. The van der Waals surface area contributed by atoms with Gasteiger partial charge in [-0.05, 0) is 25.5 Å². The largest absolute Gasteiger partial charge is 0.306 e. The lowest BCUT2D eigenvalue weighted by Gasteiger charge is -2.23. The Morgan fingerprint density at radius 2 is 2.20 bits per heavy atom. The maximum absolute atomic E-state index is 11.5. The molecule has 6 nitrogen and oxygen atoms in total. The normalized spacial score (nSPS) is 24.7. The Labute approximate surface area is 125 Å². The van der Waals surface area contributed by atoms with Crippen LogP contribution in [0.25, 0.3) is 0 Å². The standard InChI is InChI=1S/C12H15BrN2O4S/c1-12(4-5-20(18,19)8-12)14-7-9-2-3-10(13)6-11(9)15(16)17/h2-3,6,14H,4-5,7-8H2,1H3. The number of nitro groups is 1. The van der Waals surface area contributed by atoms with Gasteiger partial charge in [-0.1, -0.05) is 15.9 Å². The molecule has 1 aliphatic heterocycles. The molecule has 1 fully saturated rings. The lowest BCUT2D eigenvalue weighted by Crippen LogP contribution is -2.42. The van der Waals surface area contributed by atoms with Crippen LogP contribution in [0.2, 0.25) is 0 Å². The van der Waals surface area contributed by atoms with Gasteiger partial charge < -0.3 is 5.32 Å². The Hall–Kier alpha value is -0.990. The summed E-state index contributed by atoms with van der Waals surface area (Å²) in [5.41, 5.74) is 0.0554. The second kappa shape index (κ2) is 5.42. The first kappa shape index (κ1) is 15.4. The molecule has 1 N–H and O–H groups in total. The number of halogens is 1. The van der Waals surface area contributed by atoms with Crippen molar-refractivity contribution in [3.63, 3.8) is 0 Å². The zero-order valence-electron chi connectivity index (χ0n) is 10.9. The highest BCUT2D eigenvalue weighted by Gasteiger charge is 2.38. The predicted octanol–water partition coefficient (Wildman–Crippen LogP) is 2.02. The maximum atomic E-state index is 11.5. The van der Waals surface area contributed by atoms with Crippen LogP contribution in [0.15, 0.2) is 22.7 Å². The number of benzene rings is 1. The van der Waals surface area contributed by atoms with Crippen molar-refractivity contribution in [2.24, 2.45) is 0 Å². The Bertz CT molecular complexity index is 647. The molecule has 1 atom stereocenters. The van der Waals surface area contributed by atoms with Crippen molar-refractivity contribution in [3.05, 3.63) is 38.3 Å². The third kappa shape index (κ3) is 3.56. The topological polar surface area (TPSA) is 89.3 Å². The van der Waals surface area contributed by atoms with Gasteiger partial charge in [0.1, 0.15) is 0 Å². The molecule has 0 radical (unpaired) electrons. The lowest BCUT2D eigenvalue weighted by molar-refractivity contribution is -0.385. The van der Waals surface area contributed by atoms with Crippen LogP contribution in [-0.4, -0.2) is 30.4 Å². The van der Waals surface area contributed by atoms with E-state index in [0.717, 1.165) is 0 Å². The predicted molar refractivity (Wildman–Crippen MR) is 79.3 cm³/mol. The molecule has 1 aliphatic rings. The van der Waals surface area contributed by atoms with Crippen LogP contribution in [0, 0.1) is 10.1 Å². The van der Waals surface area contributed by atoms with E-state index < -0.39 is 20.3 Å². The van der Waals surface area contributed by atoms with Gasteiger partial charge in [0.2, 0.25) is 0 Å². The molecule has 0 aliphatic carbocycles. The molecule has 8 heteroatoms. The van der Waals surface area contributed by atoms with Gasteiger partial charge in [0.25, 0.3) is 5.69 Å². The lowest BCUT2D eigenvalue weighted by atomic mass is 10.0. The Balaban J connectivity index is 2.14. The van der Waals surface area contributed by atoms with Gasteiger partial charge in [-0.3, -0.25) is 10.1 Å². The fourth-order valence-corrected chi connectivity index (χ4v) is 4.79. The van der Waals surface area contributed by atoms with Crippen molar-refractivity contribution >= 4 is 31.5 Å². The molecule has 0 amide bonds. The second-order valence-electron chi connectivity index (χ2n) is 5.29. The van der Waals surface area contributed by atoms with E-state index in [-0.39, 0.29) is 23.7 Å². The number of nitro benzene ring substituents is 1. The minimum atomic E-state index is -3.00.